The van der Waals surface area contributed by atoms with Gasteiger partial charge in [-0.2, -0.15) is 10.4 Å². The molecule has 9 heteroatoms. The number of para-hydroxylation sites is 1. The van der Waals surface area contributed by atoms with Crippen LogP contribution in [0.3, 0.4) is 0 Å². The van der Waals surface area contributed by atoms with Crippen LogP contribution in [0.2, 0.25) is 0 Å². The summed E-state index contributed by atoms with van der Waals surface area (Å²) in [6.07, 6.45) is 1.78. The Labute approximate surface area is 174 Å². The van der Waals surface area contributed by atoms with E-state index in [9.17, 15) is 10.1 Å². The van der Waals surface area contributed by atoms with Crippen LogP contribution in [-0.4, -0.2) is 29.4 Å². The minimum atomic E-state index is -0.536. The molecule has 0 unspecified atom stereocenters. The van der Waals surface area contributed by atoms with E-state index in [2.05, 4.69) is 15.2 Å². The van der Waals surface area contributed by atoms with Crippen LogP contribution < -0.4 is 5.56 Å². The summed E-state index contributed by atoms with van der Waals surface area (Å²) in [5, 5.41) is 19.9. The maximum Gasteiger partial charge on any atom is 0.280 e. The topological polar surface area (TPSA) is 108 Å². The van der Waals surface area contributed by atoms with Crippen LogP contribution in [0.25, 0.3) is 34.0 Å². The molecule has 0 aliphatic rings. The van der Waals surface area contributed by atoms with Crippen molar-refractivity contribution in [3.8, 4) is 34.3 Å². The third kappa shape index (κ3) is 2.75. The molecule has 0 amide bonds. The van der Waals surface area contributed by atoms with Gasteiger partial charge in [-0.15, -0.1) is 0 Å². The number of nitrogens with zero attached hydrogens (tertiary/aromatic N) is 5. The van der Waals surface area contributed by atoms with Crippen molar-refractivity contribution >= 4 is 18.0 Å². The largest absolute Gasteiger partial charge is 0.280 e. The van der Waals surface area contributed by atoms with E-state index in [0.717, 1.165) is 11.3 Å². The molecule has 144 valence electrons. The fraction of sp³-hybridized carbons (Fsp3) is 0. The summed E-state index contributed by atoms with van der Waals surface area (Å²) in [6.45, 7) is 0. The summed E-state index contributed by atoms with van der Waals surface area (Å²) < 4.78 is 3.02. The molecular formula is C21H13N7OS. The molecular weight excluding hydrogens is 398 g/mol. The Morgan fingerprint density at radius 2 is 1.67 bits per heavy atom. The molecule has 0 radical (unpaired) electrons. The Balaban J connectivity index is 1.85. The zero-order valence-electron chi connectivity index (χ0n) is 15.4. The number of benzene rings is 2. The van der Waals surface area contributed by atoms with Gasteiger partial charge < -0.3 is 0 Å². The van der Waals surface area contributed by atoms with E-state index in [0.29, 0.717) is 11.3 Å². The van der Waals surface area contributed by atoms with E-state index in [-0.39, 0.29) is 21.8 Å². The Morgan fingerprint density at radius 3 is 2.37 bits per heavy atom. The standard InChI is InChI=1S/C21H13N7OS/c22-11-15-18(23-20-24-25-21(30)28(20)19(15)29)16-12-27(14-9-5-2-6-10-14)26-17(16)13-7-3-1-4-8-13/h1-10,12H,(H,23,24)(H,25,30). The van der Waals surface area contributed by atoms with Gasteiger partial charge in [0.2, 0.25) is 10.5 Å². The first kappa shape index (κ1) is 17.8. The SMILES string of the molecule is N#Cc1c(-c2cn(-c3ccccc3)nc2-c2ccccc2)nc2[nH][nH]c(=S)n2c1=O. The maximum atomic E-state index is 12.9. The second kappa shape index (κ2) is 6.95. The van der Waals surface area contributed by atoms with Gasteiger partial charge in [-0.25, -0.2) is 14.1 Å². The lowest BCUT2D eigenvalue weighted by Gasteiger charge is -2.04. The van der Waals surface area contributed by atoms with Gasteiger partial charge in [0.05, 0.1) is 5.69 Å². The highest BCUT2D eigenvalue weighted by molar-refractivity contribution is 7.71. The molecule has 0 bridgehead atoms. The molecule has 2 aromatic carbocycles. The van der Waals surface area contributed by atoms with Gasteiger partial charge in [-0.05, 0) is 24.4 Å². The second-order valence-electron chi connectivity index (χ2n) is 6.50. The summed E-state index contributed by atoms with van der Waals surface area (Å²) in [7, 11) is 0. The van der Waals surface area contributed by atoms with E-state index in [1.54, 1.807) is 10.9 Å². The van der Waals surface area contributed by atoms with Gasteiger partial charge in [0.1, 0.15) is 23.0 Å². The fourth-order valence-electron chi connectivity index (χ4n) is 3.32. The van der Waals surface area contributed by atoms with Crippen molar-refractivity contribution < 1.29 is 0 Å². The third-order valence-electron chi connectivity index (χ3n) is 4.72. The summed E-state index contributed by atoms with van der Waals surface area (Å²) >= 11 is 5.12. The van der Waals surface area contributed by atoms with Crippen LogP contribution >= 0.6 is 12.2 Å². The van der Waals surface area contributed by atoms with Crippen LogP contribution in [0.1, 0.15) is 5.56 Å². The Morgan fingerprint density at radius 1 is 0.967 bits per heavy atom. The molecule has 2 N–H and O–H groups in total. The highest BCUT2D eigenvalue weighted by atomic mass is 32.1. The molecule has 0 aliphatic heterocycles. The van der Waals surface area contributed by atoms with Crippen LogP contribution in [0.4, 0.5) is 0 Å². The van der Waals surface area contributed by atoms with Gasteiger partial charge in [0.25, 0.3) is 5.56 Å². The Kier molecular flexibility index (Phi) is 4.12. The van der Waals surface area contributed by atoms with Gasteiger partial charge in [0, 0.05) is 17.3 Å². The van der Waals surface area contributed by atoms with Crippen molar-refractivity contribution in [1.82, 2.24) is 29.4 Å². The lowest BCUT2D eigenvalue weighted by molar-refractivity contribution is 0.884. The minimum Gasteiger partial charge on any atom is -0.273 e. The number of aromatic nitrogens is 6. The lowest BCUT2D eigenvalue weighted by Crippen LogP contribution is -2.19. The normalized spacial score (nSPS) is 10.9. The first-order chi connectivity index (χ1) is 14.7. The number of aromatic amines is 2. The van der Waals surface area contributed by atoms with E-state index in [4.69, 9.17) is 17.3 Å². The summed E-state index contributed by atoms with van der Waals surface area (Å²) in [5.41, 5.74) is 2.48. The average Bonchev–Trinajstić information content (AvgIpc) is 3.39. The predicted molar refractivity (Wildman–Crippen MR) is 114 cm³/mol. The molecule has 3 heterocycles. The maximum absolute atomic E-state index is 12.9. The predicted octanol–water partition coefficient (Wildman–Crippen LogP) is 3.47. The molecule has 3 aromatic heterocycles. The van der Waals surface area contributed by atoms with E-state index >= 15 is 0 Å². The molecule has 30 heavy (non-hydrogen) atoms. The molecule has 5 aromatic rings. The highest BCUT2D eigenvalue weighted by Crippen LogP contribution is 2.32. The van der Waals surface area contributed by atoms with Crippen LogP contribution in [0.5, 0.6) is 0 Å². The average molecular weight is 411 g/mol. The monoisotopic (exact) mass is 411 g/mol. The number of hydrogen-bond donors (Lipinski definition) is 2. The van der Waals surface area contributed by atoms with Crippen molar-refractivity contribution in [1.29, 1.82) is 5.26 Å². The Hall–Kier alpha value is -4.29. The summed E-state index contributed by atoms with van der Waals surface area (Å²) in [4.78, 5) is 17.5. The summed E-state index contributed by atoms with van der Waals surface area (Å²) in [6, 6.07) is 21.1. The number of nitriles is 1. The van der Waals surface area contributed by atoms with Crippen molar-refractivity contribution in [2.45, 2.75) is 0 Å². The summed E-state index contributed by atoms with van der Waals surface area (Å²) in [5.74, 6) is 0.227. The number of hydrogen-bond acceptors (Lipinski definition) is 5. The van der Waals surface area contributed by atoms with Crippen molar-refractivity contribution in [2.24, 2.45) is 0 Å². The molecule has 0 saturated heterocycles. The molecule has 0 saturated carbocycles. The smallest absolute Gasteiger partial charge is 0.273 e. The number of nitrogens with one attached hydrogen (secondary N) is 2. The van der Waals surface area contributed by atoms with Crippen molar-refractivity contribution in [3.63, 3.8) is 0 Å². The van der Waals surface area contributed by atoms with Crippen molar-refractivity contribution in [3.05, 3.63) is 87.5 Å². The molecule has 5 rings (SSSR count). The Bertz CT molecular complexity index is 1540. The number of rotatable bonds is 3. The molecule has 0 fully saturated rings. The first-order valence-corrected chi connectivity index (χ1v) is 9.42. The van der Waals surface area contributed by atoms with Crippen molar-refractivity contribution in [2.75, 3.05) is 0 Å². The van der Waals surface area contributed by atoms with E-state index in [1.807, 2.05) is 66.7 Å². The zero-order valence-corrected chi connectivity index (χ0v) is 16.2. The first-order valence-electron chi connectivity index (χ1n) is 9.02. The second-order valence-corrected chi connectivity index (χ2v) is 6.89. The zero-order chi connectivity index (χ0) is 20.7. The lowest BCUT2D eigenvalue weighted by atomic mass is 10.0. The molecule has 8 nitrogen and oxygen atoms in total. The number of H-pyrrole nitrogens is 2. The van der Waals surface area contributed by atoms with Crippen LogP contribution in [0.15, 0.2) is 71.7 Å². The molecule has 0 atom stereocenters. The quantitative estimate of drug-likeness (QED) is 0.442. The third-order valence-corrected chi connectivity index (χ3v) is 5.00. The van der Waals surface area contributed by atoms with Crippen LogP contribution in [-0.2, 0) is 0 Å². The highest BCUT2D eigenvalue weighted by Gasteiger charge is 2.22. The molecule has 0 aliphatic carbocycles. The minimum absolute atomic E-state index is 0.101. The number of fused-ring (bicyclic) bond motifs is 1. The van der Waals surface area contributed by atoms with Gasteiger partial charge in [-0.3, -0.25) is 15.0 Å². The van der Waals surface area contributed by atoms with Crippen LogP contribution in [0, 0.1) is 16.1 Å². The fourth-order valence-corrected chi connectivity index (χ4v) is 3.54. The van der Waals surface area contributed by atoms with E-state index < -0.39 is 5.56 Å². The van der Waals surface area contributed by atoms with Gasteiger partial charge in [-0.1, -0.05) is 48.5 Å². The van der Waals surface area contributed by atoms with E-state index in [1.165, 1.54) is 4.40 Å². The molecule has 0 spiro atoms. The van der Waals surface area contributed by atoms with Gasteiger partial charge >= 0.3 is 0 Å². The van der Waals surface area contributed by atoms with Gasteiger partial charge in [0.15, 0.2) is 0 Å².